The third-order valence-electron chi connectivity index (χ3n) is 3.68. The largest absolute Gasteiger partial charge is 0.454 e. The fraction of sp³-hybridized carbons (Fsp3) is 0.176. The Morgan fingerprint density at radius 1 is 1.00 bits per heavy atom. The Hall–Kier alpha value is -2.31. The van der Waals surface area contributed by atoms with Gasteiger partial charge in [0.1, 0.15) is 0 Å². The molecular formula is C17H16O5S. The summed E-state index contributed by atoms with van der Waals surface area (Å²) in [5, 5.41) is 0. The molecule has 0 amide bonds. The highest BCUT2D eigenvalue weighted by molar-refractivity contribution is 7.85. The highest BCUT2D eigenvalue weighted by Crippen LogP contribution is 2.45. The average Bonchev–Trinajstić information content (AvgIpc) is 2.94. The number of benzene rings is 2. The number of aryl methyl sites for hydroxylation is 1. The lowest BCUT2D eigenvalue weighted by Gasteiger charge is -2.17. The fourth-order valence-electron chi connectivity index (χ4n) is 2.41. The Kier molecular flexibility index (Phi) is 3.87. The normalized spacial score (nSPS) is 14.1. The van der Waals surface area contributed by atoms with Gasteiger partial charge in [-0.15, -0.1) is 0 Å². The second kappa shape index (κ2) is 5.72. The molecule has 5 nitrogen and oxygen atoms in total. The molecule has 2 aromatic carbocycles. The third-order valence-corrected chi connectivity index (χ3v) is 4.55. The van der Waals surface area contributed by atoms with Gasteiger partial charge in [0, 0.05) is 5.56 Å². The highest BCUT2D eigenvalue weighted by atomic mass is 32.2. The van der Waals surface area contributed by atoms with E-state index in [-0.39, 0.29) is 4.90 Å². The molecule has 0 saturated carbocycles. The van der Waals surface area contributed by atoms with Crippen LogP contribution in [0.2, 0.25) is 0 Å². The van der Waals surface area contributed by atoms with Crippen molar-refractivity contribution in [3.05, 3.63) is 53.1 Å². The summed E-state index contributed by atoms with van der Waals surface area (Å²) in [5.74, 6) is 1.79. The van der Waals surface area contributed by atoms with Crippen LogP contribution in [-0.2, 0) is 10.1 Å². The number of hydrogen-bond acceptors (Lipinski definition) is 4. The maximum absolute atomic E-state index is 10.5. The van der Waals surface area contributed by atoms with Gasteiger partial charge in [0.2, 0.25) is 6.79 Å². The van der Waals surface area contributed by atoms with Crippen molar-refractivity contribution < 1.29 is 22.4 Å². The molecule has 2 aliphatic rings. The summed E-state index contributed by atoms with van der Waals surface area (Å²) in [5.41, 5.74) is 4.77. The van der Waals surface area contributed by atoms with Crippen LogP contribution in [0.3, 0.4) is 0 Å². The predicted molar refractivity (Wildman–Crippen MR) is 87.1 cm³/mol. The number of hydrogen-bond donors (Lipinski definition) is 1. The van der Waals surface area contributed by atoms with Crippen molar-refractivity contribution >= 4 is 21.8 Å². The van der Waals surface area contributed by atoms with Crippen LogP contribution in [0.15, 0.2) is 41.3 Å². The lowest BCUT2D eigenvalue weighted by molar-refractivity contribution is 0.173. The van der Waals surface area contributed by atoms with Crippen molar-refractivity contribution in [1.29, 1.82) is 0 Å². The van der Waals surface area contributed by atoms with E-state index in [2.05, 4.69) is 19.1 Å². The maximum atomic E-state index is 10.5. The van der Waals surface area contributed by atoms with Crippen LogP contribution >= 0.6 is 0 Å². The number of rotatable bonds is 1. The molecule has 0 unspecified atom stereocenters. The van der Waals surface area contributed by atoms with Gasteiger partial charge in [-0.05, 0) is 49.3 Å². The number of allylic oxidation sites excluding steroid dienone is 1. The van der Waals surface area contributed by atoms with E-state index < -0.39 is 10.1 Å². The van der Waals surface area contributed by atoms with E-state index in [1.165, 1.54) is 28.8 Å². The Balaban J connectivity index is 0.000000137. The first-order valence-corrected chi connectivity index (χ1v) is 8.46. The van der Waals surface area contributed by atoms with Gasteiger partial charge in [-0.25, -0.2) is 0 Å². The zero-order chi connectivity index (χ0) is 16.6. The molecule has 1 aliphatic heterocycles. The molecular weight excluding hydrogens is 316 g/mol. The highest BCUT2D eigenvalue weighted by Gasteiger charge is 2.24. The first-order chi connectivity index (χ1) is 10.9. The van der Waals surface area contributed by atoms with E-state index in [1.807, 2.05) is 13.0 Å². The number of fused-ring (bicyclic) bond motifs is 3. The van der Waals surface area contributed by atoms with E-state index in [0.717, 1.165) is 17.1 Å². The standard InChI is InChI=1S/C10H8O2.C7H8O3S/c1-6-4-8-7(6)2-3-9-10(8)12-5-11-9;1-6-2-4-7(5-3-6)11(8,9)10/h2-4H,5H2,1H3;2-5H,1H3,(H,8,9,10). The van der Waals surface area contributed by atoms with Crippen molar-refractivity contribution in [3.63, 3.8) is 0 Å². The van der Waals surface area contributed by atoms with Crippen LogP contribution < -0.4 is 9.47 Å². The summed E-state index contributed by atoms with van der Waals surface area (Å²) in [4.78, 5) is -0.0666. The molecule has 2 aromatic rings. The Bertz CT molecular complexity index is 880. The molecule has 1 heterocycles. The van der Waals surface area contributed by atoms with E-state index in [1.54, 1.807) is 12.1 Å². The monoisotopic (exact) mass is 332 g/mol. The molecule has 1 N–H and O–H groups in total. The smallest absolute Gasteiger partial charge is 0.294 e. The van der Waals surface area contributed by atoms with Crippen LogP contribution in [0.4, 0.5) is 0 Å². The zero-order valence-electron chi connectivity index (χ0n) is 12.7. The van der Waals surface area contributed by atoms with E-state index in [0.29, 0.717) is 6.79 Å². The fourth-order valence-corrected chi connectivity index (χ4v) is 2.89. The molecule has 4 rings (SSSR count). The molecule has 0 atom stereocenters. The van der Waals surface area contributed by atoms with Gasteiger partial charge in [-0.3, -0.25) is 4.55 Å². The SMILES string of the molecule is CC1=Cc2c1ccc1c2OCO1.Cc1ccc(S(=O)(=O)O)cc1. The van der Waals surface area contributed by atoms with E-state index in [9.17, 15) is 8.42 Å². The molecule has 6 heteroatoms. The molecule has 0 aromatic heterocycles. The minimum Gasteiger partial charge on any atom is -0.454 e. The summed E-state index contributed by atoms with van der Waals surface area (Å²) in [6.07, 6.45) is 2.13. The predicted octanol–water partition coefficient (Wildman–Crippen LogP) is 3.53. The summed E-state index contributed by atoms with van der Waals surface area (Å²) < 4.78 is 40.1. The van der Waals surface area contributed by atoms with Crippen molar-refractivity contribution in [2.75, 3.05) is 6.79 Å². The Labute approximate surface area is 134 Å². The molecule has 0 fully saturated rings. The molecule has 0 bridgehead atoms. The van der Waals surface area contributed by atoms with Gasteiger partial charge in [0.25, 0.3) is 10.1 Å². The van der Waals surface area contributed by atoms with Crippen LogP contribution in [0.1, 0.15) is 23.6 Å². The van der Waals surface area contributed by atoms with Gasteiger partial charge in [0.15, 0.2) is 11.5 Å². The minimum atomic E-state index is -4.02. The van der Waals surface area contributed by atoms with Gasteiger partial charge in [0.05, 0.1) is 4.90 Å². The molecule has 1 aliphatic carbocycles. The van der Waals surface area contributed by atoms with Crippen LogP contribution in [0.5, 0.6) is 11.5 Å². The van der Waals surface area contributed by atoms with Crippen LogP contribution in [0.25, 0.3) is 11.6 Å². The Morgan fingerprint density at radius 2 is 1.70 bits per heavy atom. The second-order valence-electron chi connectivity index (χ2n) is 5.38. The van der Waals surface area contributed by atoms with Crippen molar-refractivity contribution in [2.45, 2.75) is 18.7 Å². The van der Waals surface area contributed by atoms with Gasteiger partial charge in [-0.2, -0.15) is 8.42 Å². The lowest BCUT2D eigenvalue weighted by Crippen LogP contribution is -1.98. The van der Waals surface area contributed by atoms with E-state index in [4.69, 9.17) is 14.0 Å². The summed E-state index contributed by atoms with van der Waals surface area (Å²) in [6, 6.07) is 10.0. The first-order valence-electron chi connectivity index (χ1n) is 7.02. The first kappa shape index (κ1) is 15.6. The van der Waals surface area contributed by atoms with Gasteiger partial charge >= 0.3 is 0 Å². The summed E-state index contributed by atoms with van der Waals surface area (Å²) >= 11 is 0. The van der Waals surface area contributed by atoms with E-state index >= 15 is 0 Å². The summed E-state index contributed by atoms with van der Waals surface area (Å²) in [7, 11) is -4.02. The van der Waals surface area contributed by atoms with Gasteiger partial charge < -0.3 is 9.47 Å². The zero-order valence-corrected chi connectivity index (χ0v) is 13.6. The van der Waals surface area contributed by atoms with Gasteiger partial charge in [-0.1, -0.05) is 23.8 Å². The van der Waals surface area contributed by atoms with Crippen molar-refractivity contribution in [1.82, 2.24) is 0 Å². The topological polar surface area (TPSA) is 72.8 Å². The molecule has 0 spiro atoms. The van der Waals surface area contributed by atoms with Crippen LogP contribution in [-0.4, -0.2) is 19.8 Å². The molecule has 0 saturated heterocycles. The molecule has 23 heavy (non-hydrogen) atoms. The maximum Gasteiger partial charge on any atom is 0.294 e. The Morgan fingerprint density at radius 3 is 2.30 bits per heavy atom. The lowest BCUT2D eigenvalue weighted by atomic mass is 9.89. The average molecular weight is 332 g/mol. The number of ether oxygens (including phenoxy) is 2. The molecule has 120 valence electrons. The minimum absolute atomic E-state index is 0.0666. The summed E-state index contributed by atoms with van der Waals surface area (Å²) in [6.45, 7) is 4.30. The second-order valence-corrected chi connectivity index (χ2v) is 6.80. The van der Waals surface area contributed by atoms with Crippen molar-refractivity contribution in [2.24, 2.45) is 0 Å². The third kappa shape index (κ3) is 3.09. The van der Waals surface area contributed by atoms with Crippen LogP contribution in [0, 0.1) is 6.92 Å². The molecule has 0 radical (unpaired) electrons. The van der Waals surface area contributed by atoms with Crippen molar-refractivity contribution in [3.8, 4) is 11.5 Å². The quantitative estimate of drug-likeness (QED) is 0.809.